The van der Waals surface area contributed by atoms with E-state index in [2.05, 4.69) is 6.92 Å². The second kappa shape index (κ2) is 12.8. The SMILES string of the molecule is CCCc1n(N=Cc2cc(OC)c(N(C)C)c(OC)c2)cc[n+]1N=Cc1cc(OC)c(N(C)C)c(OC)c1. The minimum absolute atomic E-state index is 0.711. The van der Waals surface area contributed by atoms with Crippen molar-refractivity contribution in [2.45, 2.75) is 19.8 Å². The Bertz CT molecular complexity index is 1150. The first-order valence-electron chi connectivity index (χ1n) is 12.3. The van der Waals surface area contributed by atoms with Gasteiger partial charge in [-0.1, -0.05) is 17.1 Å². The molecular formula is C28H39N6O4+. The summed E-state index contributed by atoms with van der Waals surface area (Å²) in [5.41, 5.74) is 3.46. The van der Waals surface area contributed by atoms with Gasteiger partial charge in [-0.15, -0.1) is 9.35 Å². The van der Waals surface area contributed by atoms with Crippen molar-refractivity contribution in [2.75, 3.05) is 66.4 Å². The van der Waals surface area contributed by atoms with E-state index >= 15 is 0 Å². The molecule has 0 unspecified atom stereocenters. The lowest BCUT2D eigenvalue weighted by Gasteiger charge is -2.20. The highest BCUT2D eigenvalue weighted by atomic mass is 16.5. The van der Waals surface area contributed by atoms with E-state index in [0.29, 0.717) is 23.0 Å². The van der Waals surface area contributed by atoms with Gasteiger partial charge in [0.1, 0.15) is 34.4 Å². The number of nitrogens with zero attached hydrogens (tertiary/aromatic N) is 6. The van der Waals surface area contributed by atoms with Gasteiger partial charge in [-0.25, -0.2) is 0 Å². The number of anilines is 2. The van der Waals surface area contributed by atoms with E-state index in [1.807, 2.05) is 84.0 Å². The first-order chi connectivity index (χ1) is 18.3. The van der Waals surface area contributed by atoms with Crippen LogP contribution in [-0.2, 0) is 6.42 Å². The van der Waals surface area contributed by atoms with E-state index in [9.17, 15) is 0 Å². The summed E-state index contributed by atoms with van der Waals surface area (Å²) in [6, 6.07) is 7.76. The van der Waals surface area contributed by atoms with Crippen LogP contribution in [0.5, 0.6) is 23.0 Å². The van der Waals surface area contributed by atoms with Crippen LogP contribution in [0.3, 0.4) is 0 Å². The van der Waals surface area contributed by atoms with E-state index in [1.165, 1.54) is 0 Å². The summed E-state index contributed by atoms with van der Waals surface area (Å²) in [5.74, 6) is 3.78. The number of imidazole rings is 1. The van der Waals surface area contributed by atoms with Crippen molar-refractivity contribution in [1.82, 2.24) is 4.68 Å². The summed E-state index contributed by atoms with van der Waals surface area (Å²) < 4.78 is 26.1. The number of hydrogen-bond donors (Lipinski definition) is 0. The lowest BCUT2D eigenvalue weighted by Crippen LogP contribution is -2.31. The molecule has 0 aliphatic carbocycles. The first-order valence-corrected chi connectivity index (χ1v) is 12.3. The van der Waals surface area contributed by atoms with Gasteiger partial charge in [0.15, 0.2) is 12.4 Å². The van der Waals surface area contributed by atoms with Crippen molar-refractivity contribution in [2.24, 2.45) is 10.2 Å². The van der Waals surface area contributed by atoms with Crippen molar-refractivity contribution in [1.29, 1.82) is 0 Å². The van der Waals surface area contributed by atoms with Crippen LogP contribution < -0.4 is 33.4 Å². The summed E-state index contributed by atoms with van der Waals surface area (Å²) in [6.07, 6.45) is 9.07. The molecule has 38 heavy (non-hydrogen) atoms. The molecule has 10 heteroatoms. The maximum Gasteiger partial charge on any atom is 0.307 e. The van der Waals surface area contributed by atoms with Crippen molar-refractivity contribution in [3.8, 4) is 23.0 Å². The molecule has 0 amide bonds. The van der Waals surface area contributed by atoms with E-state index in [0.717, 1.165) is 41.2 Å². The van der Waals surface area contributed by atoms with Crippen LogP contribution in [0.4, 0.5) is 11.4 Å². The molecule has 10 nitrogen and oxygen atoms in total. The largest absolute Gasteiger partial charge is 0.494 e. The molecule has 0 aliphatic rings. The molecule has 0 saturated carbocycles. The van der Waals surface area contributed by atoms with Gasteiger partial charge in [-0.05, 0) is 30.7 Å². The van der Waals surface area contributed by atoms with Gasteiger partial charge < -0.3 is 28.7 Å². The number of aromatic nitrogens is 2. The summed E-state index contributed by atoms with van der Waals surface area (Å²) in [4.78, 5) is 3.92. The summed E-state index contributed by atoms with van der Waals surface area (Å²) >= 11 is 0. The van der Waals surface area contributed by atoms with Crippen LogP contribution in [0.2, 0.25) is 0 Å². The first kappa shape index (κ1) is 28.4. The van der Waals surface area contributed by atoms with Crippen LogP contribution >= 0.6 is 0 Å². The van der Waals surface area contributed by atoms with E-state index < -0.39 is 0 Å². The van der Waals surface area contributed by atoms with Gasteiger partial charge in [0.25, 0.3) is 0 Å². The zero-order valence-electron chi connectivity index (χ0n) is 23.8. The van der Waals surface area contributed by atoms with Gasteiger partial charge in [0.05, 0.1) is 47.3 Å². The average molecular weight is 524 g/mol. The molecule has 1 aromatic heterocycles. The Hall–Kier alpha value is -4.21. The molecule has 204 valence electrons. The second-order valence-corrected chi connectivity index (χ2v) is 8.98. The molecule has 1 heterocycles. The molecule has 0 spiro atoms. The molecule has 0 N–H and O–H groups in total. The Morgan fingerprint density at radius 2 is 1.21 bits per heavy atom. The molecule has 0 fully saturated rings. The molecule has 3 aromatic rings. The molecule has 0 bridgehead atoms. The Morgan fingerprint density at radius 3 is 1.61 bits per heavy atom. The van der Waals surface area contributed by atoms with Gasteiger partial charge >= 0.3 is 5.82 Å². The van der Waals surface area contributed by atoms with Crippen molar-refractivity contribution < 1.29 is 23.6 Å². The fraction of sp³-hybridized carbons (Fsp3) is 0.393. The van der Waals surface area contributed by atoms with Crippen LogP contribution in [0.25, 0.3) is 0 Å². The summed E-state index contributed by atoms with van der Waals surface area (Å²) in [7, 11) is 14.4. The minimum Gasteiger partial charge on any atom is -0.494 e. The Balaban J connectivity index is 1.96. The van der Waals surface area contributed by atoms with Crippen molar-refractivity contribution in [3.63, 3.8) is 0 Å². The molecule has 0 atom stereocenters. The summed E-state index contributed by atoms with van der Waals surface area (Å²) in [5, 5.41) is 9.42. The molecule has 0 aliphatic heterocycles. The highest BCUT2D eigenvalue weighted by molar-refractivity contribution is 5.85. The summed E-state index contributed by atoms with van der Waals surface area (Å²) in [6.45, 7) is 2.13. The normalized spacial score (nSPS) is 11.3. The van der Waals surface area contributed by atoms with Gasteiger partial charge in [0.2, 0.25) is 0 Å². The predicted octanol–water partition coefficient (Wildman–Crippen LogP) is 3.66. The third-order valence-electron chi connectivity index (χ3n) is 5.91. The predicted molar refractivity (Wildman–Crippen MR) is 152 cm³/mol. The number of hydrogen-bond acceptors (Lipinski definition) is 8. The second-order valence-electron chi connectivity index (χ2n) is 8.98. The molecule has 3 rings (SSSR count). The lowest BCUT2D eigenvalue weighted by molar-refractivity contribution is -0.685. The minimum atomic E-state index is 0.711. The maximum absolute atomic E-state index is 5.60. The standard InChI is InChI=1S/C28H39N6O4/c1-10-11-26-33(29-18-20-14-22(35-6)27(31(2)3)23(15-20)36-7)12-13-34(26)30-19-21-16-24(37-8)28(32(4)5)25(17-21)38-9/h12-19H,10-11H2,1-9H3/q+1. The third kappa shape index (κ3) is 6.19. The van der Waals surface area contributed by atoms with Crippen LogP contribution in [-0.4, -0.2) is 73.7 Å². The molecule has 2 aromatic carbocycles. The molecule has 0 radical (unpaired) electrons. The van der Waals surface area contributed by atoms with Crippen LogP contribution in [0, 0.1) is 0 Å². The fourth-order valence-corrected chi connectivity index (χ4v) is 4.18. The molecule has 0 saturated heterocycles. The molecular weight excluding hydrogens is 484 g/mol. The van der Waals surface area contributed by atoms with Gasteiger partial charge in [0, 0.05) is 39.3 Å². The Morgan fingerprint density at radius 1 is 0.763 bits per heavy atom. The highest BCUT2D eigenvalue weighted by Crippen LogP contribution is 2.38. The van der Waals surface area contributed by atoms with E-state index in [4.69, 9.17) is 29.2 Å². The smallest absolute Gasteiger partial charge is 0.307 e. The number of methoxy groups -OCH3 is 4. The highest BCUT2D eigenvalue weighted by Gasteiger charge is 2.18. The van der Waals surface area contributed by atoms with Crippen LogP contribution in [0.1, 0.15) is 30.3 Å². The van der Waals surface area contributed by atoms with E-state index in [1.54, 1.807) is 40.9 Å². The maximum atomic E-state index is 5.60. The monoisotopic (exact) mass is 523 g/mol. The van der Waals surface area contributed by atoms with Crippen molar-refractivity contribution >= 4 is 23.8 Å². The van der Waals surface area contributed by atoms with Crippen LogP contribution in [0.15, 0.2) is 46.9 Å². The average Bonchev–Trinajstić information content (AvgIpc) is 3.30. The zero-order chi connectivity index (χ0) is 27.8. The fourth-order valence-electron chi connectivity index (χ4n) is 4.18. The Kier molecular flexibility index (Phi) is 9.59. The topological polar surface area (TPSA) is 76.9 Å². The number of ether oxygens (including phenoxy) is 4. The van der Waals surface area contributed by atoms with Gasteiger partial charge in [-0.3, -0.25) is 0 Å². The van der Waals surface area contributed by atoms with E-state index in [-0.39, 0.29) is 0 Å². The number of rotatable bonds is 12. The zero-order valence-corrected chi connectivity index (χ0v) is 23.8. The lowest BCUT2D eigenvalue weighted by atomic mass is 10.1. The van der Waals surface area contributed by atoms with Gasteiger partial charge in [-0.2, -0.15) is 0 Å². The third-order valence-corrected chi connectivity index (χ3v) is 5.91. The number of benzene rings is 2. The quantitative estimate of drug-likeness (QED) is 0.266. The van der Waals surface area contributed by atoms with Crippen molar-refractivity contribution in [3.05, 3.63) is 53.6 Å². The Labute approximate surface area is 225 Å².